The highest BCUT2D eigenvalue weighted by molar-refractivity contribution is 14.0. The molecule has 2 heterocycles. The van der Waals surface area contributed by atoms with Crippen LogP contribution in [0.2, 0.25) is 0 Å². The fraction of sp³-hybridized carbons (Fsp3) is 0.696. The number of fused-ring (bicyclic) bond motifs is 2. The van der Waals surface area contributed by atoms with Crippen LogP contribution in [0, 0.1) is 0 Å². The Bertz CT molecular complexity index is 711. The lowest BCUT2D eigenvalue weighted by molar-refractivity contribution is 0.0526. The minimum atomic E-state index is -0.0829. The number of halogens is 1. The summed E-state index contributed by atoms with van der Waals surface area (Å²) in [4.78, 5) is 7.08. The number of rotatable bonds is 6. The Labute approximate surface area is 199 Å². The van der Waals surface area contributed by atoms with Gasteiger partial charge in [-0.2, -0.15) is 0 Å². The van der Waals surface area contributed by atoms with Crippen LogP contribution in [0.15, 0.2) is 23.2 Å². The van der Waals surface area contributed by atoms with E-state index in [-0.39, 0.29) is 29.4 Å². The van der Waals surface area contributed by atoms with Crippen molar-refractivity contribution in [3.63, 3.8) is 0 Å². The lowest BCUT2D eigenvalue weighted by Crippen LogP contribution is -2.57. The molecule has 2 saturated heterocycles. The molecule has 170 valence electrons. The molecule has 0 aromatic heterocycles. The molecular formula is C23H39IN4O2. The zero-order valence-corrected chi connectivity index (χ0v) is 21.7. The number of nitrogens with zero attached hydrogens (tertiary/aromatic N) is 2. The van der Waals surface area contributed by atoms with Gasteiger partial charge in [-0.1, -0.05) is 26.3 Å². The number of aliphatic imine (C=N–C) groups is 1. The molecule has 30 heavy (non-hydrogen) atoms. The van der Waals surface area contributed by atoms with Crippen molar-refractivity contribution in [2.75, 3.05) is 34.9 Å². The summed E-state index contributed by atoms with van der Waals surface area (Å²) in [5.74, 6) is 2.41. The molecular weight excluding hydrogens is 491 g/mol. The fourth-order valence-electron chi connectivity index (χ4n) is 4.79. The van der Waals surface area contributed by atoms with Gasteiger partial charge in [-0.15, -0.1) is 24.0 Å². The molecule has 2 aliphatic rings. The minimum Gasteiger partial charge on any atom is -0.493 e. The molecule has 2 aliphatic heterocycles. The second kappa shape index (κ2) is 10.9. The van der Waals surface area contributed by atoms with Gasteiger partial charge in [-0.05, 0) is 50.4 Å². The van der Waals surface area contributed by atoms with Crippen molar-refractivity contribution >= 4 is 29.9 Å². The Morgan fingerprint density at radius 3 is 2.33 bits per heavy atom. The molecule has 6 nitrogen and oxygen atoms in total. The number of hydrogen-bond acceptors (Lipinski definition) is 4. The summed E-state index contributed by atoms with van der Waals surface area (Å²) in [5.41, 5.74) is 1.12. The van der Waals surface area contributed by atoms with Crippen LogP contribution < -0.4 is 20.1 Å². The second-order valence-corrected chi connectivity index (χ2v) is 9.10. The van der Waals surface area contributed by atoms with Gasteiger partial charge in [0.2, 0.25) is 0 Å². The van der Waals surface area contributed by atoms with Crippen LogP contribution in [0.4, 0.5) is 0 Å². The molecule has 0 saturated carbocycles. The highest BCUT2D eigenvalue weighted by Crippen LogP contribution is 2.34. The summed E-state index contributed by atoms with van der Waals surface area (Å²) in [7, 11) is 7.49. The van der Waals surface area contributed by atoms with Gasteiger partial charge in [0.1, 0.15) is 0 Å². The van der Waals surface area contributed by atoms with Crippen molar-refractivity contribution in [1.29, 1.82) is 0 Å². The van der Waals surface area contributed by atoms with E-state index in [1.807, 2.05) is 13.1 Å². The normalized spacial score (nSPS) is 24.6. The molecule has 1 aromatic rings. The lowest BCUT2D eigenvalue weighted by Gasteiger charge is -2.47. The molecule has 0 radical (unpaired) electrons. The van der Waals surface area contributed by atoms with E-state index in [0.717, 1.165) is 24.0 Å². The smallest absolute Gasteiger partial charge is 0.191 e. The van der Waals surface area contributed by atoms with Crippen LogP contribution in [0.3, 0.4) is 0 Å². The number of nitrogens with one attached hydrogen (secondary N) is 2. The van der Waals surface area contributed by atoms with E-state index in [1.54, 1.807) is 14.2 Å². The maximum Gasteiger partial charge on any atom is 0.191 e. The molecule has 0 amide bonds. The predicted octanol–water partition coefficient (Wildman–Crippen LogP) is 3.78. The Morgan fingerprint density at radius 1 is 1.13 bits per heavy atom. The largest absolute Gasteiger partial charge is 0.493 e. The third-order valence-corrected chi connectivity index (χ3v) is 6.77. The minimum absolute atomic E-state index is 0. The van der Waals surface area contributed by atoms with Crippen molar-refractivity contribution < 1.29 is 9.47 Å². The maximum absolute atomic E-state index is 5.48. The zero-order chi connectivity index (χ0) is 21.0. The third-order valence-electron chi connectivity index (χ3n) is 6.77. The maximum atomic E-state index is 5.48. The first-order valence-electron chi connectivity index (χ1n) is 10.8. The van der Waals surface area contributed by atoms with Crippen LogP contribution in [0.25, 0.3) is 0 Å². The Hall–Kier alpha value is -1.22. The van der Waals surface area contributed by atoms with Crippen molar-refractivity contribution in [1.82, 2.24) is 15.5 Å². The highest BCUT2D eigenvalue weighted by Gasteiger charge is 2.36. The van der Waals surface area contributed by atoms with Crippen LogP contribution in [-0.4, -0.2) is 63.8 Å². The standard InChI is InChI=1S/C23H38N4O2.HI/c1-23(2,16-10-11-20(28-5)21(12-16)29-6)15-25-22(24-3)26-17-13-18-8-7-9-19(14-17)27(18)4;/h10-12,17-19H,7-9,13-15H2,1-6H3,(H2,24,25,26);1H. The third kappa shape index (κ3) is 5.72. The summed E-state index contributed by atoms with van der Waals surface area (Å²) in [6, 6.07) is 8.06. The quantitative estimate of drug-likeness (QED) is 0.333. The molecule has 3 rings (SSSR count). The van der Waals surface area contributed by atoms with Gasteiger partial charge in [-0.25, -0.2) is 0 Å². The van der Waals surface area contributed by atoms with Crippen molar-refractivity contribution in [3.8, 4) is 11.5 Å². The molecule has 0 aliphatic carbocycles. The van der Waals surface area contributed by atoms with E-state index in [4.69, 9.17) is 9.47 Å². The summed E-state index contributed by atoms with van der Waals surface area (Å²) in [6.07, 6.45) is 6.42. The average molecular weight is 530 g/mol. The van der Waals surface area contributed by atoms with Gasteiger partial charge in [0.05, 0.1) is 14.2 Å². The van der Waals surface area contributed by atoms with Gasteiger partial charge in [0.25, 0.3) is 0 Å². The zero-order valence-electron chi connectivity index (χ0n) is 19.3. The summed E-state index contributed by atoms with van der Waals surface area (Å²) in [5, 5.41) is 7.24. The molecule has 1 aromatic carbocycles. The van der Waals surface area contributed by atoms with E-state index in [9.17, 15) is 0 Å². The highest BCUT2D eigenvalue weighted by atomic mass is 127. The molecule has 2 fully saturated rings. The van der Waals surface area contributed by atoms with Crippen LogP contribution in [0.1, 0.15) is 51.5 Å². The lowest BCUT2D eigenvalue weighted by atomic mass is 9.82. The Balaban J connectivity index is 0.00000320. The molecule has 2 atom stereocenters. The number of ether oxygens (including phenoxy) is 2. The topological polar surface area (TPSA) is 58.1 Å². The average Bonchev–Trinajstić information content (AvgIpc) is 2.71. The number of methoxy groups -OCH3 is 2. The molecule has 2 N–H and O–H groups in total. The van der Waals surface area contributed by atoms with Gasteiger partial charge in [0, 0.05) is 37.1 Å². The fourth-order valence-corrected chi connectivity index (χ4v) is 4.79. The Kier molecular flexibility index (Phi) is 9.09. The monoisotopic (exact) mass is 530 g/mol. The van der Waals surface area contributed by atoms with Crippen LogP contribution in [-0.2, 0) is 5.41 Å². The molecule has 7 heteroatoms. The number of benzene rings is 1. The molecule has 2 bridgehead atoms. The summed E-state index contributed by atoms with van der Waals surface area (Å²) < 4.78 is 10.8. The second-order valence-electron chi connectivity index (χ2n) is 9.10. The van der Waals surface area contributed by atoms with Crippen molar-refractivity contribution in [2.24, 2.45) is 4.99 Å². The summed E-state index contributed by atoms with van der Waals surface area (Å²) in [6.45, 7) is 5.24. The van der Waals surface area contributed by atoms with Crippen LogP contribution in [0.5, 0.6) is 11.5 Å². The van der Waals surface area contributed by atoms with E-state index in [2.05, 4.69) is 53.6 Å². The van der Waals surface area contributed by atoms with Crippen LogP contribution >= 0.6 is 24.0 Å². The Morgan fingerprint density at radius 2 is 1.77 bits per heavy atom. The van der Waals surface area contributed by atoms with Gasteiger partial charge in [-0.3, -0.25) is 4.99 Å². The van der Waals surface area contributed by atoms with Crippen molar-refractivity contribution in [2.45, 2.75) is 69.5 Å². The van der Waals surface area contributed by atoms with Gasteiger partial charge >= 0.3 is 0 Å². The number of piperidine rings is 2. The predicted molar refractivity (Wildman–Crippen MR) is 135 cm³/mol. The van der Waals surface area contributed by atoms with E-state index < -0.39 is 0 Å². The summed E-state index contributed by atoms with van der Waals surface area (Å²) >= 11 is 0. The first-order valence-corrected chi connectivity index (χ1v) is 10.8. The van der Waals surface area contributed by atoms with Gasteiger partial charge < -0.3 is 25.0 Å². The number of guanidine groups is 1. The van der Waals surface area contributed by atoms with Gasteiger partial charge in [0.15, 0.2) is 17.5 Å². The van der Waals surface area contributed by atoms with E-state index in [0.29, 0.717) is 18.1 Å². The first kappa shape index (κ1) is 25.0. The number of hydrogen-bond donors (Lipinski definition) is 2. The van der Waals surface area contributed by atoms with E-state index in [1.165, 1.54) is 37.7 Å². The SMILES string of the molecule is CN=C(NCC(C)(C)c1ccc(OC)c(OC)c1)NC1CC2CCCC(C1)N2C.I. The molecule has 2 unspecified atom stereocenters. The molecule has 0 spiro atoms. The first-order chi connectivity index (χ1) is 13.9. The van der Waals surface area contributed by atoms with Crippen molar-refractivity contribution in [3.05, 3.63) is 23.8 Å². The van der Waals surface area contributed by atoms with E-state index >= 15 is 0 Å².